The van der Waals surface area contributed by atoms with Crippen molar-refractivity contribution in [3.05, 3.63) is 45.8 Å². The molecule has 11 nitrogen and oxygen atoms in total. The molecule has 34 heavy (non-hydrogen) atoms. The van der Waals surface area contributed by atoms with Crippen LogP contribution in [0.25, 0.3) is 0 Å². The van der Waals surface area contributed by atoms with E-state index in [4.69, 9.17) is 23.2 Å². The number of hydrazone groups is 1. The first-order chi connectivity index (χ1) is 16.2. The molecular formula is C20H20BrCl2N7O4. The summed E-state index contributed by atoms with van der Waals surface area (Å²) in [5, 5.41) is 9.84. The fraction of sp³-hybridized carbons (Fsp3) is 0.300. The van der Waals surface area contributed by atoms with Gasteiger partial charge in [0, 0.05) is 19.2 Å². The highest BCUT2D eigenvalue weighted by Gasteiger charge is 2.36. The summed E-state index contributed by atoms with van der Waals surface area (Å²) in [4.78, 5) is 46.5. The second-order valence-electron chi connectivity index (χ2n) is 6.98. The van der Waals surface area contributed by atoms with Gasteiger partial charge in [0.05, 0.1) is 17.8 Å². The standard InChI is InChI=1S/C20H20BrCl2N7O4/c1-4-29(28-20(33)34-3)19(32)16-15(10(2)8-14(23)25-16)26-18(31)12-9-13(21)27-30(12)17-11(22)6-5-7-24-17/h5-8,12H,4,9H2,1-3H3,(H,26,31)(H,28,33). The predicted octanol–water partition coefficient (Wildman–Crippen LogP) is 3.75. The molecule has 1 unspecified atom stereocenters. The molecule has 1 aliphatic rings. The molecule has 3 rings (SSSR count). The van der Waals surface area contributed by atoms with E-state index in [0.717, 1.165) is 5.01 Å². The average Bonchev–Trinajstić information content (AvgIpc) is 3.20. The number of ether oxygens (including phenoxy) is 1. The van der Waals surface area contributed by atoms with Crippen LogP contribution < -0.4 is 15.8 Å². The number of carbonyl (C=O) groups excluding carboxylic acids is 3. The number of pyridine rings is 2. The number of hydrogen-bond acceptors (Lipinski definition) is 8. The largest absolute Gasteiger partial charge is 0.452 e. The van der Waals surface area contributed by atoms with Crippen LogP contribution in [0.3, 0.4) is 0 Å². The predicted molar refractivity (Wildman–Crippen MR) is 131 cm³/mol. The summed E-state index contributed by atoms with van der Waals surface area (Å²) in [6.07, 6.45) is 0.943. The number of methoxy groups -OCH3 is 1. The summed E-state index contributed by atoms with van der Waals surface area (Å²) in [6.45, 7) is 3.41. The first kappa shape index (κ1) is 25.7. The Labute approximate surface area is 213 Å². The van der Waals surface area contributed by atoms with E-state index in [-0.39, 0.29) is 29.5 Å². The molecule has 2 N–H and O–H groups in total. The van der Waals surface area contributed by atoms with Crippen LogP contribution in [0, 0.1) is 6.92 Å². The van der Waals surface area contributed by atoms with Gasteiger partial charge >= 0.3 is 6.09 Å². The van der Waals surface area contributed by atoms with Gasteiger partial charge in [-0.05, 0) is 53.5 Å². The number of halogens is 3. The Bertz CT molecular complexity index is 1160. The zero-order valence-electron chi connectivity index (χ0n) is 18.3. The molecule has 14 heteroatoms. The maximum absolute atomic E-state index is 13.3. The van der Waals surface area contributed by atoms with Gasteiger partial charge in [-0.2, -0.15) is 5.10 Å². The number of aromatic nitrogens is 2. The van der Waals surface area contributed by atoms with Gasteiger partial charge in [-0.25, -0.2) is 30.2 Å². The van der Waals surface area contributed by atoms with Gasteiger partial charge in [-0.3, -0.25) is 9.59 Å². The highest BCUT2D eigenvalue weighted by Crippen LogP contribution is 2.31. The molecule has 3 heterocycles. The van der Waals surface area contributed by atoms with Crippen molar-refractivity contribution < 1.29 is 19.1 Å². The van der Waals surface area contributed by atoms with E-state index in [2.05, 4.69) is 46.5 Å². The molecule has 0 aliphatic carbocycles. The summed E-state index contributed by atoms with van der Waals surface area (Å²) in [7, 11) is 1.17. The lowest BCUT2D eigenvalue weighted by atomic mass is 10.1. The minimum absolute atomic E-state index is 0.0433. The molecule has 1 atom stereocenters. The van der Waals surface area contributed by atoms with Crippen molar-refractivity contribution >= 4 is 73.2 Å². The van der Waals surface area contributed by atoms with Crippen molar-refractivity contribution in [1.29, 1.82) is 0 Å². The van der Waals surface area contributed by atoms with E-state index in [1.165, 1.54) is 24.4 Å². The lowest BCUT2D eigenvalue weighted by Gasteiger charge is -2.25. The third kappa shape index (κ3) is 5.57. The highest BCUT2D eigenvalue weighted by molar-refractivity contribution is 9.18. The Morgan fingerprint density at radius 2 is 2.09 bits per heavy atom. The van der Waals surface area contributed by atoms with Gasteiger partial charge in [0.25, 0.3) is 5.91 Å². The molecule has 2 aromatic heterocycles. The zero-order valence-corrected chi connectivity index (χ0v) is 21.4. The van der Waals surface area contributed by atoms with Crippen LogP contribution in [0.5, 0.6) is 0 Å². The monoisotopic (exact) mass is 571 g/mol. The number of rotatable bonds is 5. The molecule has 0 spiro atoms. The molecule has 0 saturated heterocycles. The van der Waals surface area contributed by atoms with Gasteiger partial charge in [0.2, 0.25) is 5.91 Å². The van der Waals surface area contributed by atoms with Crippen LogP contribution in [0.2, 0.25) is 10.2 Å². The number of amides is 3. The summed E-state index contributed by atoms with van der Waals surface area (Å²) in [5.74, 6) is -0.868. The second-order valence-corrected chi connectivity index (χ2v) is 8.69. The summed E-state index contributed by atoms with van der Waals surface area (Å²) in [6, 6.07) is 4.00. The molecule has 0 aromatic carbocycles. The van der Waals surface area contributed by atoms with Crippen LogP contribution >= 0.6 is 39.1 Å². The van der Waals surface area contributed by atoms with Crippen LogP contribution in [0.15, 0.2) is 29.5 Å². The van der Waals surface area contributed by atoms with E-state index in [1.807, 2.05) is 0 Å². The van der Waals surface area contributed by atoms with Crippen molar-refractivity contribution in [2.24, 2.45) is 5.10 Å². The molecule has 2 aromatic rings. The van der Waals surface area contributed by atoms with Crippen molar-refractivity contribution in [1.82, 2.24) is 20.4 Å². The Morgan fingerprint density at radius 1 is 1.35 bits per heavy atom. The van der Waals surface area contributed by atoms with Crippen LogP contribution in [0.4, 0.5) is 16.3 Å². The maximum atomic E-state index is 13.3. The fourth-order valence-corrected chi connectivity index (χ4v) is 4.06. The molecule has 1 aliphatic heterocycles. The van der Waals surface area contributed by atoms with Crippen LogP contribution in [-0.4, -0.2) is 57.2 Å². The van der Waals surface area contributed by atoms with E-state index >= 15 is 0 Å². The molecule has 180 valence electrons. The third-order valence-corrected chi connectivity index (χ3v) is 5.71. The van der Waals surface area contributed by atoms with E-state index < -0.39 is 23.9 Å². The number of hydrogen-bond donors (Lipinski definition) is 2. The first-order valence-electron chi connectivity index (χ1n) is 9.93. The SMILES string of the molecule is CCN(NC(=O)OC)C(=O)c1nc(Cl)cc(C)c1NC(=O)C1CC(Br)=NN1c1ncccc1Cl. The number of nitrogens with one attached hydrogen (secondary N) is 2. The number of hydrazine groups is 1. The summed E-state index contributed by atoms with van der Waals surface area (Å²) < 4.78 is 5.08. The van der Waals surface area contributed by atoms with Gasteiger partial charge in [-0.1, -0.05) is 23.2 Å². The normalized spacial score (nSPS) is 14.9. The minimum Gasteiger partial charge on any atom is -0.452 e. The van der Waals surface area contributed by atoms with Gasteiger partial charge < -0.3 is 10.1 Å². The number of nitrogens with zero attached hydrogens (tertiary/aromatic N) is 5. The Balaban J connectivity index is 1.93. The number of aryl methyl sites for hydroxylation is 1. The third-order valence-electron chi connectivity index (χ3n) is 4.74. The van der Waals surface area contributed by atoms with Crippen molar-refractivity contribution in [3.63, 3.8) is 0 Å². The average molecular weight is 573 g/mol. The molecule has 0 bridgehead atoms. The van der Waals surface area contributed by atoms with Crippen molar-refractivity contribution in [2.75, 3.05) is 24.0 Å². The van der Waals surface area contributed by atoms with Crippen molar-refractivity contribution in [2.45, 2.75) is 26.3 Å². The second kappa shape index (κ2) is 11.0. The first-order valence-corrected chi connectivity index (χ1v) is 11.5. The number of anilines is 2. The van der Waals surface area contributed by atoms with Gasteiger partial charge in [0.15, 0.2) is 11.5 Å². The van der Waals surface area contributed by atoms with Crippen LogP contribution in [-0.2, 0) is 9.53 Å². The zero-order chi connectivity index (χ0) is 25.0. The van der Waals surface area contributed by atoms with E-state index in [9.17, 15) is 14.4 Å². The molecule has 3 amide bonds. The fourth-order valence-electron chi connectivity index (χ4n) is 3.13. The van der Waals surface area contributed by atoms with Gasteiger partial charge in [0.1, 0.15) is 15.8 Å². The molecular weight excluding hydrogens is 553 g/mol. The summed E-state index contributed by atoms with van der Waals surface area (Å²) >= 11 is 15.7. The number of carbonyl (C=O) groups is 3. The Kier molecular flexibility index (Phi) is 8.28. The molecule has 0 fully saturated rings. The van der Waals surface area contributed by atoms with Crippen molar-refractivity contribution in [3.8, 4) is 0 Å². The summed E-state index contributed by atoms with van der Waals surface area (Å²) in [5.41, 5.74) is 2.78. The molecule has 0 saturated carbocycles. The van der Waals surface area contributed by atoms with Crippen LogP contribution in [0.1, 0.15) is 29.4 Å². The molecule has 0 radical (unpaired) electrons. The topological polar surface area (TPSA) is 129 Å². The lowest BCUT2D eigenvalue weighted by Crippen LogP contribution is -2.46. The smallest absolute Gasteiger partial charge is 0.425 e. The quantitative estimate of drug-likeness (QED) is 0.412. The van der Waals surface area contributed by atoms with Gasteiger partial charge in [-0.15, -0.1) is 0 Å². The van der Waals surface area contributed by atoms with E-state index in [1.54, 1.807) is 26.0 Å². The highest BCUT2D eigenvalue weighted by atomic mass is 79.9. The maximum Gasteiger partial charge on any atom is 0.425 e. The van der Waals surface area contributed by atoms with E-state index in [0.29, 0.717) is 21.0 Å². The lowest BCUT2D eigenvalue weighted by molar-refractivity contribution is -0.117. The Hall–Kier alpha value is -2.96. The Morgan fingerprint density at radius 3 is 2.74 bits per heavy atom. The minimum atomic E-state index is -0.838.